The van der Waals surface area contributed by atoms with Crippen LogP contribution in [-0.2, 0) is 6.42 Å². The van der Waals surface area contributed by atoms with Crippen LogP contribution in [0.25, 0.3) is 0 Å². The average molecular weight is 324 g/mol. The molecule has 0 spiro atoms. The Bertz CT molecular complexity index is 500. The van der Waals surface area contributed by atoms with Crippen molar-refractivity contribution >= 4 is 0 Å². The molecule has 0 amide bonds. The molecular weight excluding hydrogens is 290 g/mol. The Balaban J connectivity index is 1.55. The van der Waals surface area contributed by atoms with Gasteiger partial charge in [-0.15, -0.1) is 6.58 Å². The number of rotatable bonds is 10. The normalized spacial score (nSPS) is 20.5. The van der Waals surface area contributed by atoms with Crippen LogP contribution in [0.15, 0.2) is 36.9 Å². The number of aryl methyl sites for hydroxylation is 1. The molecule has 0 atom stereocenters. The van der Waals surface area contributed by atoms with Gasteiger partial charge < -0.3 is 0 Å². The lowest BCUT2D eigenvalue weighted by Crippen LogP contribution is -2.15. The lowest BCUT2D eigenvalue weighted by atomic mass is 9.77. The molecule has 0 radical (unpaired) electrons. The molecule has 0 aliphatic heterocycles. The quantitative estimate of drug-likeness (QED) is 0.342. The van der Waals surface area contributed by atoms with Crippen LogP contribution in [0, 0.1) is 23.2 Å². The molecule has 0 N–H and O–H groups in total. The molecule has 0 saturated heterocycles. The molecule has 1 aliphatic carbocycles. The molecule has 1 aliphatic rings. The van der Waals surface area contributed by atoms with E-state index < -0.39 is 0 Å². The zero-order chi connectivity index (χ0) is 17.0. The van der Waals surface area contributed by atoms with Crippen LogP contribution in [0.4, 0.5) is 0 Å². The van der Waals surface area contributed by atoms with Crippen molar-refractivity contribution in [2.75, 3.05) is 0 Å². The number of benzene rings is 1. The minimum absolute atomic E-state index is 0.767. The fraction of sp³-hybridized carbons (Fsp3) is 0.609. The van der Waals surface area contributed by atoms with E-state index in [0.717, 1.165) is 17.4 Å². The SMILES string of the molecule is C=CCCCCCC[C@H]1CC[C@H](CCc2ccc(C#N)cc2)CC1. The molecule has 1 heteroatoms. The molecule has 0 bridgehead atoms. The average Bonchev–Trinajstić information content (AvgIpc) is 2.64. The van der Waals surface area contributed by atoms with Gasteiger partial charge in [-0.3, -0.25) is 0 Å². The van der Waals surface area contributed by atoms with Gasteiger partial charge in [-0.25, -0.2) is 0 Å². The van der Waals surface area contributed by atoms with Gasteiger partial charge in [-0.05, 0) is 55.2 Å². The van der Waals surface area contributed by atoms with E-state index in [9.17, 15) is 0 Å². The molecule has 0 unspecified atom stereocenters. The second-order valence-electron chi connectivity index (χ2n) is 7.51. The number of nitriles is 1. The number of unbranched alkanes of at least 4 members (excludes halogenated alkanes) is 4. The van der Waals surface area contributed by atoms with Gasteiger partial charge in [-0.1, -0.05) is 69.6 Å². The van der Waals surface area contributed by atoms with Gasteiger partial charge in [-0.2, -0.15) is 5.26 Å². The highest BCUT2D eigenvalue weighted by molar-refractivity contribution is 5.31. The summed E-state index contributed by atoms with van der Waals surface area (Å²) in [4.78, 5) is 0. The van der Waals surface area contributed by atoms with Crippen molar-refractivity contribution in [3.63, 3.8) is 0 Å². The smallest absolute Gasteiger partial charge is 0.0991 e. The maximum atomic E-state index is 8.85. The lowest BCUT2D eigenvalue weighted by molar-refractivity contribution is 0.249. The highest BCUT2D eigenvalue weighted by atomic mass is 14.3. The minimum atomic E-state index is 0.767. The molecule has 1 saturated carbocycles. The van der Waals surface area contributed by atoms with Crippen molar-refractivity contribution in [3.8, 4) is 6.07 Å². The summed E-state index contributed by atoms with van der Waals surface area (Å²) in [7, 11) is 0. The molecule has 24 heavy (non-hydrogen) atoms. The van der Waals surface area contributed by atoms with E-state index >= 15 is 0 Å². The summed E-state index contributed by atoms with van der Waals surface area (Å²) in [5.74, 6) is 1.92. The van der Waals surface area contributed by atoms with Crippen molar-refractivity contribution in [1.82, 2.24) is 0 Å². The Morgan fingerprint density at radius 3 is 2.17 bits per heavy atom. The van der Waals surface area contributed by atoms with E-state index in [1.54, 1.807) is 0 Å². The molecule has 2 rings (SSSR count). The Morgan fingerprint density at radius 1 is 0.917 bits per heavy atom. The Labute approximate surface area is 148 Å². The topological polar surface area (TPSA) is 23.8 Å². The van der Waals surface area contributed by atoms with Crippen LogP contribution < -0.4 is 0 Å². The molecule has 1 fully saturated rings. The van der Waals surface area contributed by atoms with Crippen LogP contribution in [0.3, 0.4) is 0 Å². The maximum Gasteiger partial charge on any atom is 0.0991 e. The first-order valence-electron chi connectivity index (χ1n) is 9.91. The van der Waals surface area contributed by atoms with Crippen molar-refractivity contribution in [2.45, 2.75) is 77.0 Å². The zero-order valence-electron chi connectivity index (χ0n) is 15.2. The van der Waals surface area contributed by atoms with Gasteiger partial charge in [0.2, 0.25) is 0 Å². The molecule has 1 aromatic rings. The van der Waals surface area contributed by atoms with Gasteiger partial charge >= 0.3 is 0 Å². The zero-order valence-corrected chi connectivity index (χ0v) is 15.2. The summed E-state index contributed by atoms with van der Waals surface area (Å²) >= 11 is 0. The molecule has 130 valence electrons. The highest BCUT2D eigenvalue weighted by Crippen LogP contribution is 2.34. The molecule has 0 heterocycles. The second kappa shape index (κ2) is 11.1. The molecule has 1 nitrogen and oxygen atoms in total. The van der Waals surface area contributed by atoms with Crippen molar-refractivity contribution in [3.05, 3.63) is 48.0 Å². The number of hydrogen-bond donors (Lipinski definition) is 0. The first-order chi connectivity index (χ1) is 11.8. The first kappa shape index (κ1) is 18.8. The number of nitrogens with zero attached hydrogens (tertiary/aromatic N) is 1. The van der Waals surface area contributed by atoms with Gasteiger partial charge in [0, 0.05) is 0 Å². The van der Waals surface area contributed by atoms with Crippen molar-refractivity contribution in [2.24, 2.45) is 11.8 Å². The molecular formula is C23H33N. The highest BCUT2D eigenvalue weighted by Gasteiger charge is 2.20. The third-order valence-electron chi connectivity index (χ3n) is 5.66. The molecule has 0 aromatic heterocycles. The van der Waals surface area contributed by atoms with Gasteiger partial charge in [0.25, 0.3) is 0 Å². The summed E-state index contributed by atoms with van der Waals surface area (Å²) in [5.41, 5.74) is 2.15. The minimum Gasteiger partial charge on any atom is -0.192 e. The van der Waals surface area contributed by atoms with Crippen LogP contribution in [0.5, 0.6) is 0 Å². The summed E-state index contributed by atoms with van der Waals surface area (Å²) in [6.45, 7) is 3.79. The lowest BCUT2D eigenvalue weighted by Gasteiger charge is -2.28. The maximum absolute atomic E-state index is 8.85. The van der Waals surface area contributed by atoms with E-state index in [1.807, 2.05) is 18.2 Å². The van der Waals surface area contributed by atoms with Crippen LogP contribution in [0.2, 0.25) is 0 Å². The largest absolute Gasteiger partial charge is 0.192 e. The van der Waals surface area contributed by atoms with Crippen LogP contribution >= 0.6 is 0 Å². The standard InChI is InChI=1S/C23H33N/c1-2-3-4-5-6-7-8-20-9-11-21(12-10-20)13-14-22-15-17-23(19-24)18-16-22/h2,15-18,20-21H,1,3-14H2/t20-,21-. The van der Waals surface area contributed by atoms with E-state index in [4.69, 9.17) is 5.26 Å². The van der Waals surface area contributed by atoms with Gasteiger partial charge in [0.1, 0.15) is 0 Å². The molecule has 1 aromatic carbocycles. The third kappa shape index (κ3) is 6.91. The number of hydrogen-bond acceptors (Lipinski definition) is 1. The van der Waals surface area contributed by atoms with E-state index in [2.05, 4.69) is 24.8 Å². The monoisotopic (exact) mass is 323 g/mol. The predicted octanol–water partition coefficient (Wildman–Crippen LogP) is 6.82. The van der Waals surface area contributed by atoms with E-state index in [-0.39, 0.29) is 0 Å². The Hall–Kier alpha value is -1.55. The Morgan fingerprint density at radius 2 is 1.54 bits per heavy atom. The second-order valence-corrected chi connectivity index (χ2v) is 7.51. The van der Waals surface area contributed by atoms with Gasteiger partial charge in [0.05, 0.1) is 11.6 Å². The first-order valence-corrected chi connectivity index (χ1v) is 9.91. The van der Waals surface area contributed by atoms with Gasteiger partial charge in [0.15, 0.2) is 0 Å². The predicted molar refractivity (Wildman–Crippen MR) is 103 cm³/mol. The van der Waals surface area contributed by atoms with E-state index in [0.29, 0.717) is 0 Å². The summed E-state index contributed by atoms with van der Waals surface area (Å²) in [5, 5.41) is 8.85. The number of allylic oxidation sites excluding steroid dienone is 1. The summed E-state index contributed by atoms with van der Waals surface area (Å²) in [6.07, 6.45) is 18.5. The van der Waals surface area contributed by atoms with Crippen LogP contribution in [0.1, 0.15) is 81.8 Å². The van der Waals surface area contributed by atoms with Crippen molar-refractivity contribution < 1.29 is 0 Å². The Kier molecular flexibility index (Phi) is 8.67. The fourth-order valence-corrected chi connectivity index (χ4v) is 4.00. The van der Waals surface area contributed by atoms with Crippen molar-refractivity contribution in [1.29, 1.82) is 5.26 Å². The fourth-order valence-electron chi connectivity index (χ4n) is 4.00. The summed E-state index contributed by atoms with van der Waals surface area (Å²) < 4.78 is 0. The van der Waals surface area contributed by atoms with Crippen LogP contribution in [-0.4, -0.2) is 0 Å². The summed E-state index contributed by atoms with van der Waals surface area (Å²) in [6, 6.07) is 10.3. The third-order valence-corrected chi connectivity index (χ3v) is 5.66. The van der Waals surface area contributed by atoms with E-state index in [1.165, 1.54) is 82.6 Å².